The number of nitrogens with one attached hydrogen (secondary N) is 1. The van der Waals surface area contributed by atoms with Gasteiger partial charge in [0.25, 0.3) is 5.91 Å². The van der Waals surface area contributed by atoms with E-state index in [2.05, 4.69) is 21.2 Å². The number of alkyl halides is 1. The van der Waals surface area contributed by atoms with Gasteiger partial charge in [-0.15, -0.1) is 11.6 Å². The summed E-state index contributed by atoms with van der Waals surface area (Å²) >= 11 is 14.6. The maximum Gasteiger partial charge on any atom is 0.252 e. The van der Waals surface area contributed by atoms with Crippen LogP contribution in [0.25, 0.3) is 0 Å². The van der Waals surface area contributed by atoms with Crippen molar-refractivity contribution in [3.8, 4) is 0 Å². The van der Waals surface area contributed by atoms with Crippen LogP contribution in [-0.4, -0.2) is 18.3 Å². The number of amides is 1. The van der Waals surface area contributed by atoms with E-state index in [0.717, 1.165) is 4.47 Å². The predicted octanol–water partition coefficient (Wildman–Crippen LogP) is 3.07. The molecule has 0 fully saturated rings. The molecule has 0 bridgehead atoms. The van der Waals surface area contributed by atoms with Crippen molar-refractivity contribution in [1.82, 2.24) is 5.32 Å². The molecule has 1 aromatic carbocycles. The Bertz CT molecular complexity index is 344. The lowest BCUT2D eigenvalue weighted by molar-refractivity contribution is 0.0956. The lowest BCUT2D eigenvalue weighted by atomic mass is 10.2. The first kappa shape index (κ1) is 11.8. The Morgan fingerprint density at radius 1 is 1.50 bits per heavy atom. The molecule has 0 aromatic heterocycles. The predicted molar refractivity (Wildman–Crippen MR) is 62.2 cm³/mol. The largest absolute Gasteiger partial charge is 0.351 e. The first-order valence-corrected chi connectivity index (χ1v) is 5.65. The molecule has 1 rings (SSSR count). The fourth-order valence-corrected chi connectivity index (χ4v) is 1.78. The third-order valence-electron chi connectivity index (χ3n) is 1.56. The van der Waals surface area contributed by atoms with E-state index >= 15 is 0 Å². The zero-order valence-corrected chi connectivity index (χ0v) is 10.3. The van der Waals surface area contributed by atoms with E-state index in [0.29, 0.717) is 23.0 Å². The van der Waals surface area contributed by atoms with Crippen LogP contribution < -0.4 is 5.32 Å². The average Bonchev–Trinajstić information content (AvgIpc) is 2.14. The normalized spacial score (nSPS) is 9.93. The fraction of sp³-hybridized carbons (Fsp3) is 0.222. The number of hydrogen-bond donors (Lipinski definition) is 1. The molecule has 0 saturated carbocycles. The minimum atomic E-state index is -0.205. The van der Waals surface area contributed by atoms with Crippen LogP contribution in [0.4, 0.5) is 0 Å². The van der Waals surface area contributed by atoms with Gasteiger partial charge in [0, 0.05) is 16.9 Å². The Kier molecular flexibility index (Phi) is 4.72. The van der Waals surface area contributed by atoms with Crippen molar-refractivity contribution in [2.45, 2.75) is 0 Å². The van der Waals surface area contributed by atoms with Gasteiger partial charge in [0.1, 0.15) is 0 Å². The van der Waals surface area contributed by atoms with Crippen molar-refractivity contribution in [2.75, 3.05) is 12.4 Å². The minimum absolute atomic E-state index is 0.205. The Labute approximate surface area is 101 Å². The number of rotatable bonds is 3. The molecule has 14 heavy (non-hydrogen) atoms. The third kappa shape index (κ3) is 3.15. The van der Waals surface area contributed by atoms with Crippen LogP contribution in [0.3, 0.4) is 0 Å². The van der Waals surface area contributed by atoms with Gasteiger partial charge in [-0.05, 0) is 18.2 Å². The number of benzene rings is 1. The number of carbonyl (C=O) groups is 1. The van der Waals surface area contributed by atoms with Crippen LogP contribution >= 0.6 is 39.1 Å². The van der Waals surface area contributed by atoms with Crippen molar-refractivity contribution in [3.63, 3.8) is 0 Å². The topological polar surface area (TPSA) is 29.1 Å². The Morgan fingerprint density at radius 3 is 2.79 bits per heavy atom. The first-order valence-electron chi connectivity index (χ1n) is 3.94. The summed E-state index contributed by atoms with van der Waals surface area (Å²) in [5, 5.41) is 3.06. The fourth-order valence-electron chi connectivity index (χ4n) is 0.930. The molecule has 0 spiro atoms. The van der Waals surface area contributed by atoms with Gasteiger partial charge in [0.15, 0.2) is 0 Å². The molecule has 0 heterocycles. The van der Waals surface area contributed by atoms with E-state index in [4.69, 9.17) is 23.2 Å². The van der Waals surface area contributed by atoms with Crippen molar-refractivity contribution in [1.29, 1.82) is 0 Å². The van der Waals surface area contributed by atoms with Gasteiger partial charge < -0.3 is 5.32 Å². The Morgan fingerprint density at radius 2 is 2.21 bits per heavy atom. The van der Waals surface area contributed by atoms with Gasteiger partial charge in [-0.3, -0.25) is 4.79 Å². The van der Waals surface area contributed by atoms with Gasteiger partial charge >= 0.3 is 0 Å². The standard InChI is InChI=1S/C9H8BrCl2NO/c10-6-1-2-7(8(12)5-6)9(14)13-4-3-11/h1-2,5H,3-4H2,(H,13,14). The monoisotopic (exact) mass is 295 g/mol. The number of hydrogen-bond acceptors (Lipinski definition) is 1. The lowest BCUT2D eigenvalue weighted by Gasteiger charge is -2.04. The molecule has 2 nitrogen and oxygen atoms in total. The summed E-state index contributed by atoms with van der Waals surface area (Å²) in [5.74, 6) is 0.183. The van der Waals surface area contributed by atoms with Gasteiger partial charge in [0.05, 0.1) is 10.6 Å². The van der Waals surface area contributed by atoms with E-state index < -0.39 is 0 Å². The Hall–Kier alpha value is -0.250. The zero-order chi connectivity index (χ0) is 10.6. The second kappa shape index (κ2) is 5.59. The smallest absolute Gasteiger partial charge is 0.252 e. The lowest BCUT2D eigenvalue weighted by Crippen LogP contribution is -2.25. The molecule has 1 N–H and O–H groups in total. The highest BCUT2D eigenvalue weighted by molar-refractivity contribution is 9.10. The van der Waals surface area contributed by atoms with Gasteiger partial charge in [-0.1, -0.05) is 27.5 Å². The molecule has 0 aliphatic heterocycles. The first-order chi connectivity index (χ1) is 6.65. The molecular weight excluding hydrogens is 289 g/mol. The van der Waals surface area contributed by atoms with E-state index in [1.807, 2.05) is 0 Å². The van der Waals surface area contributed by atoms with Crippen molar-refractivity contribution in [2.24, 2.45) is 0 Å². The molecule has 76 valence electrons. The van der Waals surface area contributed by atoms with Crippen molar-refractivity contribution < 1.29 is 4.79 Å². The third-order valence-corrected chi connectivity index (χ3v) is 2.55. The summed E-state index contributed by atoms with van der Waals surface area (Å²) in [6.45, 7) is 0.437. The molecule has 1 aromatic rings. The summed E-state index contributed by atoms with van der Waals surface area (Å²) < 4.78 is 0.844. The number of halogens is 3. The molecule has 0 aliphatic rings. The molecule has 5 heteroatoms. The van der Waals surface area contributed by atoms with Gasteiger partial charge in [0.2, 0.25) is 0 Å². The average molecular weight is 297 g/mol. The van der Waals surface area contributed by atoms with E-state index in [9.17, 15) is 4.79 Å². The quantitative estimate of drug-likeness (QED) is 0.854. The maximum atomic E-state index is 11.5. The highest BCUT2D eigenvalue weighted by atomic mass is 79.9. The summed E-state index contributed by atoms with van der Waals surface area (Å²) in [6, 6.07) is 5.11. The van der Waals surface area contributed by atoms with Crippen LogP contribution in [0.1, 0.15) is 10.4 Å². The molecular formula is C9H8BrCl2NO. The number of carbonyl (C=O) groups excluding carboxylic acids is 1. The van der Waals surface area contributed by atoms with Crippen LogP contribution in [0.2, 0.25) is 5.02 Å². The Balaban J connectivity index is 2.80. The van der Waals surface area contributed by atoms with E-state index in [-0.39, 0.29) is 5.91 Å². The van der Waals surface area contributed by atoms with E-state index in [1.54, 1.807) is 18.2 Å². The minimum Gasteiger partial charge on any atom is -0.351 e. The van der Waals surface area contributed by atoms with E-state index in [1.165, 1.54) is 0 Å². The highest BCUT2D eigenvalue weighted by Crippen LogP contribution is 2.21. The molecule has 0 saturated heterocycles. The molecule has 0 atom stereocenters. The van der Waals surface area contributed by atoms with Gasteiger partial charge in [-0.25, -0.2) is 0 Å². The van der Waals surface area contributed by atoms with Crippen LogP contribution in [0.15, 0.2) is 22.7 Å². The summed E-state index contributed by atoms with van der Waals surface area (Å²) in [6.07, 6.45) is 0. The maximum absolute atomic E-state index is 11.5. The van der Waals surface area contributed by atoms with Crippen molar-refractivity contribution >= 4 is 45.0 Å². The summed E-state index contributed by atoms with van der Waals surface area (Å²) in [7, 11) is 0. The SMILES string of the molecule is O=C(NCCCl)c1ccc(Br)cc1Cl. The van der Waals surface area contributed by atoms with Crippen LogP contribution in [0.5, 0.6) is 0 Å². The van der Waals surface area contributed by atoms with Crippen LogP contribution in [-0.2, 0) is 0 Å². The molecule has 1 amide bonds. The van der Waals surface area contributed by atoms with Gasteiger partial charge in [-0.2, -0.15) is 0 Å². The summed E-state index contributed by atoms with van der Waals surface area (Å²) in [4.78, 5) is 11.5. The second-order valence-corrected chi connectivity index (χ2v) is 4.27. The zero-order valence-electron chi connectivity index (χ0n) is 7.19. The molecule has 0 unspecified atom stereocenters. The molecule has 0 aliphatic carbocycles. The summed E-state index contributed by atoms with van der Waals surface area (Å²) in [5.41, 5.74) is 0.458. The molecule has 0 radical (unpaired) electrons. The highest BCUT2D eigenvalue weighted by Gasteiger charge is 2.09. The van der Waals surface area contributed by atoms with Crippen LogP contribution in [0, 0.1) is 0 Å². The van der Waals surface area contributed by atoms with Crippen molar-refractivity contribution in [3.05, 3.63) is 33.3 Å². The second-order valence-electron chi connectivity index (χ2n) is 2.57.